The molecule has 3 nitrogen and oxygen atoms in total. The van der Waals surface area contributed by atoms with E-state index in [0.717, 1.165) is 11.3 Å². The van der Waals surface area contributed by atoms with Crippen LogP contribution in [0.15, 0.2) is 46.9 Å². The Kier molecular flexibility index (Phi) is 5.33. The summed E-state index contributed by atoms with van der Waals surface area (Å²) in [4.78, 5) is 11.9. The van der Waals surface area contributed by atoms with E-state index in [-0.39, 0.29) is 11.7 Å². The van der Waals surface area contributed by atoms with Crippen molar-refractivity contribution >= 4 is 27.5 Å². The SMILES string of the molecule is COc1ccc(CCC(=O)Nc2cc(F)ccc2Br)cc1. The van der Waals surface area contributed by atoms with Crippen LogP contribution < -0.4 is 10.1 Å². The number of nitrogens with one attached hydrogen (secondary N) is 1. The molecule has 0 aliphatic heterocycles. The molecule has 0 bridgehead atoms. The largest absolute Gasteiger partial charge is 0.497 e. The fraction of sp³-hybridized carbons (Fsp3) is 0.188. The summed E-state index contributed by atoms with van der Waals surface area (Å²) in [5.74, 6) is 0.243. The van der Waals surface area contributed by atoms with Gasteiger partial charge < -0.3 is 10.1 Å². The molecular weight excluding hydrogens is 337 g/mol. The molecule has 0 heterocycles. The molecule has 0 aliphatic rings. The molecule has 0 atom stereocenters. The monoisotopic (exact) mass is 351 g/mol. The van der Waals surface area contributed by atoms with Gasteiger partial charge in [-0.15, -0.1) is 0 Å². The van der Waals surface area contributed by atoms with Crippen LogP contribution in [0.3, 0.4) is 0 Å². The molecule has 0 saturated heterocycles. The number of ether oxygens (including phenoxy) is 1. The Morgan fingerprint density at radius 3 is 2.62 bits per heavy atom. The van der Waals surface area contributed by atoms with Crippen molar-refractivity contribution in [1.82, 2.24) is 0 Å². The second kappa shape index (κ2) is 7.22. The Labute approximate surface area is 131 Å². The highest BCUT2D eigenvalue weighted by molar-refractivity contribution is 9.10. The molecule has 0 saturated carbocycles. The first-order chi connectivity index (χ1) is 10.1. The zero-order valence-electron chi connectivity index (χ0n) is 11.5. The highest BCUT2D eigenvalue weighted by Crippen LogP contribution is 2.23. The van der Waals surface area contributed by atoms with Crippen molar-refractivity contribution in [3.05, 3.63) is 58.3 Å². The minimum Gasteiger partial charge on any atom is -0.497 e. The molecule has 2 aromatic rings. The van der Waals surface area contributed by atoms with Crippen LogP contribution in [0.1, 0.15) is 12.0 Å². The number of methoxy groups -OCH3 is 1. The maximum absolute atomic E-state index is 13.1. The molecule has 1 amide bonds. The van der Waals surface area contributed by atoms with Gasteiger partial charge >= 0.3 is 0 Å². The minimum atomic E-state index is -0.386. The van der Waals surface area contributed by atoms with Gasteiger partial charge in [-0.05, 0) is 58.2 Å². The molecule has 0 aromatic heterocycles. The van der Waals surface area contributed by atoms with Crippen LogP contribution in [0.2, 0.25) is 0 Å². The molecule has 0 fully saturated rings. The van der Waals surface area contributed by atoms with Gasteiger partial charge in [0.2, 0.25) is 5.91 Å². The zero-order chi connectivity index (χ0) is 15.2. The number of aryl methyl sites for hydroxylation is 1. The number of hydrogen-bond acceptors (Lipinski definition) is 2. The predicted molar refractivity (Wildman–Crippen MR) is 84.0 cm³/mol. The number of anilines is 1. The summed E-state index contributed by atoms with van der Waals surface area (Å²) in [6.45, 7) is 0. The fourth-order valence-electron chi connectivity index (χ4n) is 1.86. The van der Waals surface area contributed by atoms with Crippen molar-refractivity contribution in [2.24, 2.45) is 0 Å². The van der Waals surface area contributed by atoms with Crippen molar-refractivity contribution in [1.29, 1.82) is 0 Å². The van der Waals surface area contributed by atoms with E-state index in [1.807, 2.05) is 24.3 Å². The van der Waals surface area contributed by atoms with E-state index in [1.54, 1.807) is 13.2 Å². The smallest absolute Gasteiger partial charge is 0.224 e. The molecule has 0 spiro atoms. The molecule has 110 valence electrons. The third-order valence-corrected chi connectivity index (χ3v) is 3.69. The van der Waals surface area contributed by atoms with Crippen LogP contribution in [0.25, 0.3) is 0 Å². The Bertz CT molecular complexity index is 629. The third-order valence-electron chi connectivity index (χ3n) is 3.00. The molecule has 0 aliphatic carbocycles. The topological polar surface area (TPSA) is 38.3 Å². The Morgan fingerprint density at radius 2 is 1.95 bits per heavy atom. The van der Waals surface area contributed by atoms with Gasteiger partial charge in [-0.25, -0.2) is 4.39 Å². The van der Waals surface area contributed by atoms with E-state index in [2.05, 4.69) is 21.2 Å². The molecule has 0 radical (unpaired) electrons. The van der Waals surface area contributed by atoms with Gasteiger partial charge in [0.15, 0.2) is 0 Å². The lowest BCUT2D eigenvalue weighted by Gasteiger charge is -2.08. The van der Waals surface area contributed by atoms with Crippen LogP contribution in [0, 0.1) is 5.82 Å². The van der Waals surface area contributed by atoms with Gasteiger partial charge in [-0.3, -0.25) is 4.79 Å². The molecule has 2 aromatic carbocycles. The van der Waals surface area contributed by atoms with Crippen molar-refractivity contribution < 1.29 is 13.9 Å². The molecular formula is C16H15BrFNO2. The van der Waals surface area contributed by atoms with Crippen LogP contribution >= 0.6 is 15.9 Å². The summed E-state index contributed by atoms with van der Waals surface area (Å²) in [6, 6.07) is 11.7. The van der Waals surface area contributed by atoms with Crippen LogP contribution in [-0.2, 0) is 11.2 Å². The summed E-state index contributed by atoms with van der Waals surface area (Å²) >= 11 is 3.28. The molecule has 2 rings (SSSR count). The summed E-state index contributed by atoms with van der Waals surface area (Å²) < 4.78 is 18.9. The van der Waals surface area contributed by atoms with E-state index in [4.69, 9.17) is 4.74 Å². The highest BCUT2D eigenvalue weighted by atomic mass is 79.9. The van der Waals surface area contributed by atoms with Gasteiger partial charge in [0, 0.05) is 10.9 Å². The number of amides is 1. The first kappa shape index (κ1) is 15.5. The zero-order valence-corrected chi connectivity index (χ0v) is 13.1. The van der Waals surface area contributed by atoms with Gasteiger partial charge in [0.1, 0.15) is 11.6 Å². The standard InChI is InChI=1S/C16H15BrFNO2/c1-21-13-6-2-11(3-7-13)4-9-16(20)19-15-10-12(18)5-8-14(15)17/h2-3,5-8,10H,4,9H2,1H3,(H,19,20). The second-order valence-electron chi connectivity index (χ2n) is 4.52. The maximum Gasteiger partial charge on any atom is 0.224 e. The van der Waals surface area contributed by atoms with Crippen molar-refractivity contribution in [2.45, 2.75) is 12.8 Å². The number of carbonyl (C=O) groups is 1. The first-order valence-electron chi connectivity index (χ1n) is 6.46. The molecule has 1 N–H and O–H groups in total. The summed E-state index contributed by atoms with van der Waals surface area (Å²) in [5.41, 5.74) is 1.49. The lowest BCUT2D eigenvalue weighted by atomic mass is 10.1. The van der Waals surface area contributed by atoms with Crippen molar-refractivity contribution in [3.63, 3.8) is 0 Å². The molecule has 21 heavy (non-hydrogen) atoms. The van der Waals surface area contributed by atoms with E-state index >= 15 is 0 Å². The molecule has 0 unspecified atom stereocenters. The van der Waals surface area contributed by atoms with E-state index in [1.165, 1.54) is 12.1 Å². The Balaban J connectivity index is 1.91. The quantitative estimate of drug-likeness (QED) is 0.877. The highest BCUT2D eigenvalue weighted by Gasteiger charge is 2.07. The van der Waals surface area contributed by atoms with E-state index in [0.29, 0.717) is 23.0 Å². The summed E-state index contributed by atoms with van der Waals surface area (Å²) in [5, 5.41) is 2.69. The Morgan fingerprint density at radius 1 is 1.24 bits per heavy atom. The summed E-state index contributed by atoms with van der Waals surface area (Å²) in [7, 11) is 1.61. The van der Waals surface area contributed by atoms with Gasteiger partial charge in [-0.1, -0.05) is 12.1 Å². The fourth-order valence-corrected chi connectivity index (χ4v) is 2.20. The van der Waals surface area contributed by atoms with Gasteiger partial charge in [-0.2, -0.15) is 0 Å². The normalized spacial score (nSPS) is 10.2. The van der Waals surface area contributed by atoms with Crippen LogP contribution in [0.5, 0.6) is 5.75 Å². The lowest BCUT2D eigenvalue weighted by Crippen LogP contribution is -2.12. The third kappa shape index (κ3) is 4.56. The van der Waals surface area contributed by atoms with Crippen LogP contribution in [-0.4, -0.2) is 13.0 Å². The summed E-state index contributed by atoms with van der Waals surface area (Å²) in [6.07, 6.45) is 0.943. The second-order valence-corrected chi connectivity index (χ2v) is 5.37. The van der Waals surface area contributed by atoms with Crippen LogP contribution in [0.4, 0.5) is 10.1 Å². The number of carbonyl (C=O) groups excluding carboxylic acids is 1. The van der Waals surface area contributed by atoms with Crippen molar-refractivity contribution in [3.8, 4) is 5.75 Å². The van der Waals surface area contributed by atoms with Crippen molar-refractivity contribution in [2.75, 3.05) is 12.4 Å². The van der Waals surface area contributed by atoms with Gasteiger partial charge in [0.05, 0.1) is 12.8 Å². The first-order valence-corrected chi connectivity index (χ1v) is 7.25. The van der Waals surface area contributed by atoms with E-state index in [9.17, 15) is 9.18 Å². The van der Waals surface area contributed by atoms with Gasteiger partial charge in [0.25, 0.3) is 0 Å². The number of rotatable bonds is 5. The number of halogens is 2. The number of benzene rings is 2. The predicted octanol–water partition coefficient (Wildman–Crippen LogP) is 4.17. The average Bonchev–Trinajstić information content (AvgIpc) is 2.49. The maximum atomic E-state index is 13.1. The number of hydrogen-bond donors (Lipinski definition) is 1. The van der Waals surface area contributed by atoms with E-state index < -0.39 is 0 Å². The lowest BCUT2D eigenvalue weighted by molar-refractivity contribution is -0.116. The minimum absolute atomic E-state index is 0.155. The average molecular weight is 352 g/mol. The Hall–Kier alpha value is -1.88. The molecule has 5 heteroatoms.